The van der Waals surface area contributed by atoms with Gasteiger partial charge in [-0.2, -0.15) is 8.76 Å². The fourth-order valence-corrected chi connectivity index (χ4v) is 3.93. The summed E-state index contributed by atoms with van der Waals surface area (Å²) in [5, 5.41) is 9.14. The first-order valence-corrected chi connectivity index (χ1v) is 10.1. The van der Waals surface area contributed by atoms with Crippen LogP contribution < -0.4 is 4.74 Å². The Labute approximate surface area is 171 Å². The van der Waals surface area contributed by atoms with Gasteiger partial charge >= 0.3 is 0 Å². The van der Waals surface area contributed by atoms with Gasteiger partial charge in [0.15, 0.2) is 11.6 Å². The fourth-order valence-electron chi connectivity index (χ4n) is 2.83. The minimum Gasteiger partial charge on any atom is -0.486 e. The standard InChI is InChI=1S/C21H20ClF2NO2S/c1-2-13-5-7-15(8-6-13)20-16(21(22)25-28-20)12-27-17-10-9-14(4-3-11-26)18(23)19(17)24/h5-10,26H,2-4,11-12H2,1H3. The van der Waals surface area contributed by atoms with Crippen molar-refractivity contribution in [2.75, 3.05) is 6.61 Å². The topological polar surface area (TPSA) is 42.4 Å². The van der Waals surface area contributed by atoms with Gasteiger partial charge in [-0.1, -0.05) is 48.9 Å². The quantitative estimate of drug-likeness (QED) is 0.497. The molecule has 0 fully saturated rings. The van der Waals surface area contributed by atoms with Gasteiger partial charge in [-0.3, -0.25) is 0 Å². The molecule has 3 rings (SSSR count). The molecule has 0 saturated heterocycles. The largest absolute Gasteiger partial charge is 0.486 e. The molecular weight excluding hydrogens is 404 g/mol. The van der Waals surface area contributed by atoms with Crippen LogP contribution in [0, 0.1) is 11.6 Å². The number of aryl methyl sites for hydroxylation is 2. The number of halogens is 3. The molecule has 0 unspecified atom stereocenters. The van der Waals surface area contributed by atoms with Crippen LogP contribution in [-0.4, -0.2) is 16.1 Å². The highest BCUT2D eigenvalue weighted by Crippen LogP contribution is 2.34. The van der Waals surface area contributed by atoms with Crippen LogP contribution in [0.5, 0.6) is 5.75 Å². The van der Waals surface area contributed by atoms with Crippen LogP contribution in [0.4, 0.5) is 8.78 Å². The molecular formula is C21H20ClF2NO2S. The van der Waals surface area contributed by atoms with E-state index in [1.165, 1.54) is 29.2 Å². The number of hydrogen-bond donors (Lipinski definition) is 1. The molecule has 148 valence electrons. The second-order valence-electron chi connectivity index (χ2n) is 6.30. The third kappa shape index (κ3) is 4.51. The number of aliphatic hydroxyl groups excluding tert-OH is 1. The summed E-state index contributed by atoms with van der Waals surface area (Å²) in [5.74, 6) is -2.17. The Kier molecular flexibility index (Phi) is 6.99. The highest BCUT2D eigenvalue weighted by Gasteiger charge is 2.18. The molecule has 7 heteroatoms. The van der Waals surface area contributed by atoms with E-state index >= 15 is 0 Å². The zero-order valence-electron chi connectivity index (χ0n) is 15.3. The molecule has 1 aromatic heterocycles. The molecule has 0 radical (unpaired) electrons. The summed E-state index contributed by atoms with van der Waals surface area (Å²) in [6.07, 6.45) is 1.57. The SMILES string of the molecule is CCc1ccc(-c2snc(Cl)c2COc2ccc(CCCO)c(F)c2F)cc1. The summed E-state index contributed by atoms with van der Waals surface area (Å²) in [6.45, 7) is 1.98. The maximum absolute atomic E-state index is 14.3. The maximum Gasteiger partial charge on any atom is 0.200 e. The first-order chi connectivity index (χ1) is 13.5. The van der Waals surface area contributed by atoms with Gasteiger partial charge in [0.05, 0.1) is 4.88 Å². The van der Waals surface area contributed by atoms with E-state index in [4.69, 9.17) is 21.4 Å². The highest BCUT2D eigenvalue weighted by atomic mass is 35.5. The smallest absolute Gasteiger partial charge is 0.200 e. The molecule has 3 nitrogen and oxygen atoms in total. The van der Waals surface area contributed by atoms with E-state index in [1.54, 1.807) is 0 Å². The first kappa shape index (κ1) is 20.7. The molecule has 0 aliphatic rings. The lowest BCUT2D eigenvalue weighted by molar-refractivity contribution is 0.281. The molecule has 2 aromatic carbocycles. The lowest BCUT2D eigenvalue weighted by Gasteiger charge is -2.11. The van der Waals surface area contributed by atoms with E-state index in [0.29, 0.717) is 17.1 Å². The Morgan fingerprint density at radius 1 is 1.11 bits per heavy atom. The normalized spacial score (nSPS) is 11.0. The number of aliphatic hydroxyl groups is 1. The van der Waals surface area contributed by atoms with Crippen LogP contribution in [0.1, 0.15) is 30.0 Å². The van der Waals surface area contributed by atoms with Crippen LogP contribution in [0.15, 0.2) is 36.4 Å². The Morgan fingerprint density at radius 3 is 2.54 bits per heavy atom. The van der Waals surface area contributed by atoms with Crippen LogP contribution in [0.3, 0.4) is 0 Å². The van der Waals surface area contributed by atoms with E-state index in [9.17, 15) is 8.78 Å². The Bertz CT molecular complexity index is 944. The molecule has 0 saturated carbocycles. The first-order valence-electron chi connectivity index (χ1n) is 8.99. The van der Waals surface area contributed by atoms with Gasteiger partial charge in [-0.05, 0) is 53.6 Å². The summed E-state index contributed by atoms with van der Waals surface area (Å²) in [4.78, 5) is 0.841. The second kappa shape index (κ2) is 9.45. The lowest BCUT2D eigenvalue weighted by Crippen LogP contribution is -2.03. The minimum absolute atomic E-state index is 0.0213. The van der Waals surface area contributed by atoms with Gasteiger partial charge in [0.25, 0.3) is 0 Å². The number of ether oxygens (including phenoxy) is 1. The lowest BCUT2D eigenvalue weighted by atomic mass is 10.1. The summed E-state index contributed by atoms with van der Waals surface area (Å²) in [7, 11) is 0. The summed E-state index contributed by atoms with van der Waals surface area (Å²) in [5.41, 5.74) is 3.02. The van der Waals surface area contributed by atoms with Crippen LogP contribution >= 0.6 is 23.1 Å². The molecule has 0 atom stereocenters. The third-order valence-electron chi connectivity index (χ3n) is 4.47. The number of nitrogens with zero attached hydrogens (tertiary/aromatic N) is 1. The van der Waals surface area contributed by atoms with Crippen molar-refractivity contribution in [3.63, 3.8) is 0 Å². The Balaban J connectivity index is 1.80. The van der Waals surface area contributed by atoms with Gasteiger partial charge in [-0.25, -0.2) is 4.39 Å². The third-order valence-corrected chi connectivity index (χ3v) is 5.82. The number of hydrogen-bond acceptors (Lipinski definition) is 4. The van der Waals surface area contributed by atoms with E-state index < -0.39 is 11.6 Å². The molecule has 0 spiro atoms. The predicted octanol–water partition coefficient (Wildman–Crippen LogP) is 5.81. The summed E-state index contributed by atoms with van der Waals surface area (Å²) < 4.78 is 38.2. The monoisotopic (exact) mass is 423 g/mol. The molecule has 0 aliphatic carbocycles. The average molecular weight is 424 g/mol. The Hall–Kier alpha value is -2.02. The van der Waals surface area contributed by atoms with Crippen molar-refractivity contribution in [3.8, 4) is 16.2 Å². The fraction of sp³-hybridized carbons (Fsp3) is 0.286. The molecule has 1 heterocycles. The Morgan fingerprint density at radius 2 is 1.86 bits per heavy atom. The zero-order chi connectivity index (χ0) is 20.1. The molecule has 1 N–H and O–H groups in total. The minimum atomic E-state index is -1.04. The van der Waals surface area contributed by atoms with Gasteiger partial charge in [-0.15, -0.1) is 0 Å². The molecule has 28 heavy (non-hydrogen) atoms. The maximum atomic E-state index is 14.3. The zero-order valence-corrected chi connectivity index (χ0v) is 16.9. The molecule has 3 aromatic rings. The van der Waals surface area contributed by atoms with Crippen molar-refractivity contribution in [3.05, 3.63) is 69.9 Å². The summed E-state index contributed by atoms with van der Waals surface area (Å²) >= 11 is 7.44. The van der Waals surface area contributed by atoms with E-state index in [-0.39, 0.29) is 30.9 Å². The van der Waals surface area contributed by atoms with Gasteiger partial charge in [0, 0.05) is 12.2 Å². The van der Waals surface area contributed by atoms with Crippen LogP contribution in [0.2, 0.25) is 5.15 Å². The van der Waals surface area contributed by atoms with Crippen molar-refractivity contribution < 1.29 is 18.6 Å². The van der Waals surface area contributed by atoms with E-state index in [0.717, 1.165) is 16.9 Å². The second-order valence-corrected chi connectivity index (χ2v) is 7.43. The van der Waals surface area contributed by atoms with E-state index in [2.05, 4.69) is 11.3 Å². The molecule has 0 bridgehead atoms. The van der Waals surface area contributed by atoms with Crippen molar-refractivity contribution in [1.29, 1.82) is 0 Å². The van der Waals surface area contributed by atoms with Crippen LogP contribution in [0.25, 0.3) is 10.4 Å². The van der Waals surface area contributed by atoms with Crippen molar-refractivity contribution in [2.24, 2.45) is 0 Å². The average Bonchev–Trinajstić information content (AvgIpc) is 3.09. The summed E-state index contributed by atoms with van der Waals surface area (Å²) in [6, 6.07) is 10.9. The number of benzene rings is 2. The molecule has 0 aliphatic heterocycles. The van der Waals surface area contributed by atoms with Gasteiger partial charge in [0.1, 0.15) is 11.8 Å². The van der Waals surface area contributed by atoms with Gasteiger partial charge in [0.2, 0.25) is 5.82 Å². The van der Waals surface area contributed by atoms with Gasteiger partial charge < -0.3 is 9.84 Å². The number of aromatic nitrogens is 1. The van der Waals surface area contributed by atoms with Crippen molar-refractivity contribution in [1.82, 2.24) is 4.37 Å². The van der Waals surface area contributed by atoms with E-state index in [1.807, 2.05) is 24.3 Å². The van der Waals surface area contributed by atoms with Crippen molar-refractivity contribution in [2.45, 2.75) is 32.8 Å². The molecule has 0 amide bonds. The highest BCUT2D eigenvalue weighted by molar-refractivity contribution is 7.10. The predicted molar refractivity (Wildman–Crippen MR) is 108 cm³/mol. The van der Waals surface area contributed by atoms with Crippen LogP contribution in [-0.2, 0) is 19.4 Å². The van der Waals surface area contributed by atoms with Crippen molar-refractivity contribution >= 4 is 23.1 Å². The number of rotatable bonds is 8.